The van der Waals surface area contributed by atoms with Gasteiger partial charge in [-0.05, 0) is 89.1 Å². The summed E-state index contributed by atoms with van der Waals surface area (Å²) >= 11 is 6.49. The third-order valence-electron chi connectivity index (χ3n) is 11.9. The first-order valence-corrected chi connectivity index (χ1v) is 20.8. The van der Waals surface area contributed by atoms with Crippen LogP contribution in [0.2, 0.25) is 5.02 Å². The Morgan fingerprint density at radius 3 is 1.85 bits per heavy atom. The number of rotatable bonds is 21. The number of piperazine rings is 1. The standard InChI is InChI=1S/C45H67ClN2/c1-3-5-7-9-11-13-15-19-28-45(29-20-16-14-12-10-8-6-4-2)30-27-41(43(36-45)37-23-25-39(46)26-24-37)42-35-38-21-17-18-22-40(38)44(42)48-33-31-47-32-34-48/h17-18,21-26,35,44,47H,3-16,19-20,27-34,36H2,1-2H3. The zero-order valence-electron chi connectivity index (χ0n) is 30.8. The lowest BCUT2D eigenvalue weighted by Gasteiger charge is -2.42. The van der Waals surface area contributed by atoms with E-state index in [0.717, 1.165) is 31.2 Å². The van der Waals surface area contributed by atoms with Crippen molar-refractivity contribution < 1.29 is 0 Å². The van der Waals surface area contributed by atoms with Gasteiger partial charge in [0, 0.05) is 31.2 Å². The molecule has 1 saturated heterocycles. The molecule has 0 aromatic heterocycles. The number of hydrogen-bond acceptors (Lipinski definition) is 2. The summed E-state index contributed by atoms with van der Waals surface area (Å²) in [5.74, 6) is 0. The summed E-state index contributed by atoms with van der Waals surface area (Å²) in [4.78, 5) is 2.75. The summed E-state index contributed by atoms with van der Waals surface area (Å²) in [5, 5.41) is 4.44. The molecule has 1 aliphatic heterocycles. The summed E-state index contributed by atoms with van der Waals surface area (Å²) in [6, 6.07) is 18.5. The van der Waals surface area contributed by atoms with Gasteiger partial charge in [-0.15, -0.1) is 0 Å². The minimum absolute atomic E-state index is 0.369. The quantitative estimate of drug-likeness (QED) is 0.133. The molecule has 2 aromatic carbocycles. The molecule has 0 radical (unpaired) electrons. The maximum Gasteiger partial charge on any atom is 0.0611 e. The van der Waals surface area contributed by atoms with Crippen LogP contribution >= 0.6 is 11.6 Å². The van der Waals surface area contributed by atoms with E-state index in [-0.39, 0.29) is 0 Å². The number of hydrogen-bond donors (Lipinski definition) is 1. The zero-order chi connectivity index (χ0) is 33.4. The van der Waals surface area contributed by atoms with Gasteiger partial charge in [-0.1, -0.05) is 165 Å². The van der Waals surface area contributed by atoms with Gasteiger partial charge in [-0.2, -0.15) is 0 Å². The first kappa shape index (κ1) is 37.4. The van der Waals surface area contributed by atoms with Gasteiger partial charge in [0.1, 0.15) is 0 Å². The Kier molecular flexibility index (Phi) is 15.7. The second kappa shape index (κ2) is 20.1. The Morgan fingerprint density at radius 1 is 0.688 bits per heavy atom. The molecule has 1 N–H and O–H groups in total. The fourth-order valence-corrected chi connectivity index (χ4v) is 9.19. The molecule has 2 aromatic rings. The number of nitrogens with one attached hydrogen (secondary N) is 1. The Hall–Kier alpha value is -1.87. The molecule has 2 nitrogen and oxygen atoms in total. The van der Waals surface area contributed by atoms with Crippen molar-refractivity contribution in [1.82, 2.24) is 10.2 Å². The molecule has 0 saturated carbocycles. The summed E-state index contributed by atoms with van der Waals surface area (Å²) < 4.78 is 0. The normalized spacial score (nSPS) is 19.5. The first-order valence-electron chi connectivity index (χ1n) is 20.4. The largest absolute Gasteiger partial charge is 0.314 e. The first-order chi connectivity index (χ1) is 23.6. The minimum Gasteiger partial charge on any atom is -0.314 e. The Labute approximate surface area is 300 Å². The highest BCUT2D eigenvalue weighted by atomic mass is 35.5. The maximum atomic E-state index is 6.49. The SMILES string of the molecule is CCCCCCCCCCC1(CCCCCCCCCC)CCC(C2=Cc3ccccc3C2N2CCNCC2)=C(c2ccc(Cl)cc2)C1. The Balaban J connectivity index is 1.38. The third kappa shape index (κ3) is 10.6. The fourth-order valence-electron chi connectivity index (χ4n) is 9.07. The lowest BCUT2D eigenvalue weighted by molar-refractivity contribution is 0.190. The molecule has 1 atom stereocenters. The van der Waals surface area contributed by atoms with Crippen molar-refractivity contribution >= 4 is 23.3 Å². The van der Waals surface area contributed by atoms with Gasteiger partial charge < -0.3 is 5.32 Å². The number of fused-ring (bicyclic) bond motifs is 1. The lowest BCUT2D eigenvalue weighted by Crippen LogP contribution is -2.45. The van der Waals surface area contributed by atoms with Crippen molar-refractivity contribution in [1.29, 1.82) is 0 Å². The highest BCUT2D eigenvalue weighted by molar-refractivity contribution is 6.30. The third-order valence-corrected chi connectivity index (χ3v) is 12.1. The summed E-state index contributed by atoms with van der Waals surface area (Å²) in [6.07, 6.45) is 31.6. The Morgan fingerprint density at radius 2 is 1.25 bits per heavy atom. The number of unbranched alkanes of at least 4 members (excludes halogenated alkanes) is 14. The summed E-state index contributed by atoms with van der Waals surface area (Å²) in [6.45, 7) is 9.02. The van der Waals surface area contributed by atoms with Crippen molar-refractivity contribution in [3.63, 3.8) is 0 Å². The number of benzene rings is 2. The number of halogens is 1. The van der Waals surface area contributed by atoms with E-state index >= 15 is 0 Å². The van der Waals surface area contributed by atoms with Crippen LogP contribution < -0.4 is 5.32 Å². The molecule has 0 amide bonds. The van der Waals surface area contributed by atoms with Crippen LogP contribution in [0.1, 0.15) is 171 Å². The molecule has 48 heavy (non-hydrogen) atoms. The van der Waals surface area contributed by atoms with Crippen LogP contribution in [-0.4, -0.2) is 31.1 Å². The predicted molar refractivity (Wildman–Crippen MR) is 211 cm³/mol. The van der Waals surface area contributed by atoms with Crippen molar-refractivity contribution in [2.45, 2.75) is 155 Å². The predicted octanol–water partition coefficient (Wildman–Crippen LogP) is 13.4. The maximum absolute atomic E-state index is 6.49. The highest BCUT2D eigenvalue weighted by Gasteiger charge is 2.40. The zero-order valence-corrected chi connectivity index (χ0v) is 31.5. The van der Waals surface area contributed by atoms with Crippen molar-refractivity contribution in [2.75, 3.05) is 26.2 Å². The van der Waals surface area contributed by atoms with E-state index in [9.17, 15) is 0 Å². The molecule has 1 unspecified atom stereocenters. The van der Waals surface area contributed by atoms with Crippen LogP contribution in [0.25, 0.3) is 11.6 Å². The summed E-state index contributed by atoms with van der Waals surface area (Å²) in [5.41, 5.74) is 9.59. The van der Waals surface area contributed by atoms with E-state index < -0.39 is 0 Å². The second-order valence-corrected chi connectivity index (χ2v) is 15.9. The molecule has 3 aliphatic rings. The topological polar surface area (TPSA) is 15.3 Å². The van der Waals surface area contributed by atoms with Crippen LogP contribution in [0.4, 0.5) is 0 Å². The van der Waals surface area contributed by atoms with Crippen LogP contribution in [-0.2, 0) is 0 Å². The Bertz CT molecular complexity index is 1260. The van der Waals surface area contributed by atoms with E-state index in [1.54, 1.807) is 16.7 Å². The van der Waals surface area contributed by atoms with Gasteiger partial charge in [-0.25, -0.2) is 0 Å². The van der Waals surface area contributed by atoms with Gasteiger partial charge in [0.15, 0.2) is 0 Å². The van der Waals surface area contributed by atoms with Crippen LogP contribution in [0.3, 0.4) is 0 Å². The van der Waals surface area contributed by atoms with Crippen molar-refractivity contribution in [3.05, 3.63) is 81.4 Å². The lowest BCUT2D eigenvalue weighted by atomic mass is 9.64. The number of allylic oxidation sites excluding steroid dienone is 1. The molecule has 264 valence electrons. The van der Waals surface area contributed by atoms with E-state index in [2.05, 4.69) is 78.7 Å². The van der Waals surface area contributed by atoms with Crippen LogP contribution in [0, 0.1) is 5.41 Å². The van der Waals surface area contributed by atoms with Gasteiger partial charge >= 0.3 is 0 Å². The molecule has 2 aliphatic carbocycles. The second-order valence-electron chi connectivity index (χ2n) is 15.5. The van der Waals surface area contributed by atoms with Crippen molar-refractivity contribution in [2.24, 2.45) is 5.41 Å². The van der Waals surface area contributed by atoms with Gasteiger partial charge in [0.25, 0.3) is 0 Å². The molecular formula is C45H67ClN2. The van der Waals surface area contributed by atoms with E-state index in [0.29, 0.717) is 11.5 Å². The van der Waals surface area contributed by atoms with Gasteiger partial charge in [0.05, 0.1) is 6.04 Å². The number of nitrogens with zero attached hydrogens (tertiary/aromatic N) is 1. The van der Waals surface area contributed by atoms with Crippen LogP contribution in [0.5, 0.6) is 0 Å². The fraction of sp³-hybridized carbons (Fsp3) is 0.644. The molecule has 1 fully saturated rings. The van der Waals surface area contributed by atoms with Gasteiger partial charge in [-0.3, -0.25) is 4.90 Å². The van der Waals surface area contributed by atoms with Gasteiger partial charge in [0.2, 0.25) is 0 Å². The molecule has 0 spiro atoms. The molecule has 0 bridgehead atoms. The average Bonchev–Trinajstić information content (AvgIpc) is 3.51. The van der Waals surface area contributed by atoms with E-state index in [1.165, 1.54) is 152 Å². The monoisotopic (exact) mass is 670 g/mol. The summed E-state index contributed by atoms with van der Waals surface area (Å²) in [7, 11) is 0. The molecule has 5 rings (SSSR count). The molecular weight excluding hydrogens is 604 g/mol. The van der Waals surface area contributed by atoms with Crippen molar-refractivity contribution in [3.8, 4) is 0 Å². The smallest absolute Gasteiger partial charge is 0.0611 e. The van der Waals surface area contributed by atoms with E-state index in [4.69, 9.17) is 11.6 Å². The average molecular weight is 671 g/mol. The minimum atomic E-state index is 0.369. The van der Waals surface area contributed by atoms with Crippen LogP contribution in [0.15, 0.2) is 59.7 Å². The molecule has 1 heterocycles. The molecule has 3 heteroatoms. The van der Waals surface area contributed by atoms with E-state index in [1.807, 2.05) is 0 Å². The highest BCUT2D eigenvalue weighted by Crippen LogP contribution is 2.54.